The number of hydrogen-bond acceptors (Lipinski definition) is 16. The number of pyridine rings is 1. The third-order valence-electron chi connectivity index (χ3n) is 16.7. The zero-order valence-corrected chi connectivity index (χ0v) is 57.9. The number of urea groups is 2. The molecule has 0 spiro atoms. The molecule has 0 aliphatic carbocycles. The van der Waals surface area contributed by atoms with Crippen molar-refractivity contribution in [2.45, 2.75) is 159 Å². The lowest BCUT2D eigenvalue weighted by Gasteiger charge is -2.31. The molecule has 1 saturated heterocycles. The summed E-state index contributed by atoms with van der Waals surface area (Å²) in [6, 6.07) is 12.4. The standard InChI is InChI=1S/C70H91ClN16O15/c1-39(2)31-52(61(93)81-51(15-9-29-77-70(74)102)68(100)87-30-10-16-58(87)67(99)78-40(3)59(72)91)82-60(92)50(14-8-28-76-69(73)101)80-63(95)54(34-43-20-25-49(90)26-21-43)85-66(98)57(38-88)86-65(97)56(36-45-11-7-27-75-37-45)84-64(96)55(33-42-18-23-48(71)24-19-42)83-62(94)53(79-41(4)89)35-44-17-22-46-12-5-6-13-47(46)32-44/h5-7,11-13,17-27,32,37,39-40,50-58,88,90H,8-10,14-16,28-31,33-36,38H2,1-4H3,(H2,72,91)(H,78,99)(H,79,89)(H,80,95)(H,81,93)(H,82,92)(H,83,94)(H,84,96)(H,85,98)(H,86,97)(H3,73,76,101)(H3,74,77,102)/t40-,50-,51+,52+,53-,54+,55-,56-,57+,58+/m1/s1. The number of nitrogens with two attached hydrogens (primary N) is 3. The van der Waals surface area contributed by atoms with Crippen LogP contribution in [-0.4, -0.2) is 184 Å². The number of aromatic nitrogens is 1. The Morgan fingerprint density at radius 2 is 0.990 bits per heavy atom. The average Bonchev–Trinajstić information content (AvgIpc) is 1.13. The molecule has 1 aliphatic rings. The van der Waals surface area contributed by atoms with E-state index in [0.717, 1.165) is 10.8 Å². The Balaban J connectivity index is 1.25. The Morgan fingerprint density at radius 3 is 1.52 bits per heavy atom. The van der Waals surface area contributed by atoms with Crippen molar-refractivity contribution in [3.8, 4) is 5.75 Å². The number of aliphatic hydroxyl groups excluding tert-OH is 1. The van der Waals surface area contributed by atoms with E-state index in [0.29, 0.717) is 33.7 Å². The van der Waals surface area contributed by atoms with E-state index in [-0.39, 0.29) is 95.5 Å². The molecule has 1 aromatic heterocycles. The number of aromatic hydroxyl groups is 1. The molecule has 4 aromatic carbocycles. The number of nitrogens with one attached hydrogen (secondary N) is 11. The van der Waals surface area contributed by atoms with Crippen molar-refractivity contribution in [1.29, 1.82) is 0 Å². The SMILES string of the molecule is CC(=O)N[C@H](Cc1ccc2ccccc2c1)C(=O)N[C@H](Cc1ccc(Cl)cc1)C(=O)N[C@H](Cc1cccnc1)C(=O)N[C@@H](CO)C(=O)N[C@@H](Cc1ccc(O)cc1)C(=O)N[C@H](CCCNC(N)=O)C(=O)N[C@@H](CC(C)C)C(=O)N[C@@H](CCCNC(N)=O)C(=O)N1CCC[C@H]1C(=O)N[C@H](C)C(N)=O. The fraction of sp³-hybridized carbons (Fsp3) is 0.429. The quantitative estimate of drug-likeness (QED) is 0.0225. The third kappa shape index (κ3) is 26.0. The summed E-state index contributed by atoms with van der Waals surface area (Å²) in [7, 11) is 0. The van der Waals surface area contributed by atoms with E-state index in [2.05, 4.69) is 63.5 Å². The number of carbonyl (C=O) groups excluding carboxylic acids is 13. The van der Waals surface area contributed by atoms with Crippen LogP contribution in [0.15, 0.2) is 116 Å². The Bertz CT molecular complexity index is 3760. The lowest BCUT2D eigenvalue weighted by Crippen LogP contribution is -2.61. The van der Waals surface area contributed by atoms with Gasteiger partial charge >= 0.3 is 12.1 Å². The highest BCUT2D eigenvalue weighted by Gasteiger charge is 2.40. The maximum absolute atomic E-state index is 14.9. The number of benzene rings is 4. The van der Waals surface area contributed by atoms with E-state index >= 15 is 0 Å². The molecule has 102 heavy (non-hydrogen) atoms. The number of primary amides is 3. The highest BCUT2D eigenvalue weighted by Crippen LogP contribution is 2.22. The molecule has 19 N–H and O–H groups in total. The maximum Gasteiger partial charge on any atom is 0.312 e. The van der Waals surface area contributed by atoms with Gasteiger partial charge in [-0.3, -0.25) is 57.7 Å². The van der Waals surface area contributed by atoms with Crippen LogP contribution in [0.5, 0.6) is 5.75 Å². The van der Waals surface area contributed by atoms with Crippen LogP contribution < -0.4 is 75.7 Å². The number of halogens is 1. The second-order valence-electron chi connectivity index (χ2n) is 25.3. The molecule has 10 atom stereocenters. The van der Waals surface area contributed by atoms with E-state index < -0.39 is 144 Å². The first kappa shape index (κ1) is 80.0. The van der Waals surface area contributed by atoms with Crippen molar-refractivity contribution < 1.29 is 72.5 Å². The summed E-state index contributed by atoms with van der Waals surface area (Å²) in [4.78, 5) is 184. The van der Waals surface area contributed by atoms with Crippen LogP contribution in [0.25, 0.3) is 10.8 Å². The van der Waals surface area contributed by atoms with Gasteiger partial charge < -0.3 is 90.8 Å². The molecule has 0 saturated carbocycles. The molecule has 2 heterocycles. The summed E-state index contributed by atoms with van der Waals surface area (Å²) >= 11 is 6.22. The van der Waals surface area contributed by atoms with Crippen LogP contribution in [0.2, 0.25) is 5.02 Å². The Morgan fingerprint density at radius 1 is 0.529 bits per heavy atom. The molecule has 1 aliphatic heterocycles. The van der Waals surface area contributed by atoms with Crippen LogP contribution in [0.3, 0.4) is 0 Å². The number of carbonyl (C=O) groups is 13. The van der Waals surface area contributed by atoms with Gasteiger partial charge in [-0.1, -0.05) is 98.2 Å². The summed E-state index contributed by atoms with van der Waals surface area (Å²) in [6.45, 7) is 5.01. The minimum absolute atomic E-state index is 0.0106. The molecule has 15 amide bonds. The van der Waals surface area contributed by atoms with Crippen molar-refractivity contribution >= 4 is 99.4 Å². The summed E-state index contributed by atoms with van der Waals surface area (Å²) in [6.07, 6.45) is 2.48. The summed E-state index contributed by atoms with van der Waals surface area (Å²) in [5.41, 5.74) is 18.0. The fourth-order valence-electron chi connectivity index (χ4n) is 11.4. The number of rotatable bonds is 38. The van der Waals surface area contributed by atoms with E-state index in [1.165, 1.54) is 55.4 Å². The Hall–Kier alpha value is -10.9. The molecular weight excluding hydrogens is 1340 g/mol. The molecule has 6 rings (SSSR count). The van der Waals surface area contributed by atoms with Crippen molar-refractivity contribution in [1.82, 2.24) is 68.4 Å². The molecule has 0 radical (unpaired) electrons. The monoisotopic (exact) mass is 1430 g/mol. The lowest BCUT2D eigenvalue weighted by molar-refractivity contribution is -0.142. The Kier molecular flexibility index (Phi) is 31.2. The van der Waals surface area contributed by atoms with E-state index in [9.17, 15) is 72.5 Å². The topological polar surface area (TPSA) is 489 Å². The first-order valence-corrected chi connectivity index (χ1v) is 33.8. The van der Waals surface area contributed by atoms with E-state index in [4.69, 9.17) is 28.8 Å². The highest BCUT2D eigenvalue weighted by molar-refractivity contribution is 6.30. The molecule has 0 unspecified atom stereocenters. The number of fused-ring (bicyclic) bond motifs is 1. The van der Waals surface area contributed by atoms with Gasteiger partial charge in [0.1, 0.15) is 66.2 Å². The molecule has 548 valence electrons. The van der Waals surface area contributed by atoms with Crippen LogP contribution in [0, 0.1) is 5.92 Å². The minimum Gasteiger partial charge on any atom is -0.508 e. The zero-order chi connectivity index (χ0) is 74.6. The van der Waals surface area contributed by atoms with Gasteiger partial charge in [0, 0.05) is 69.7 Å². The largest absolute Gasteiger partial charge is 0.508 e. The molecule has 0 bridgehead atoms. The van der Waals surface area contributed by atoms with Gasteiger partial charge in [0.05, 0.1) is 6.61 Å². The number of phenolic OH excluding ortho intramolecular Hbond substituents is 1. The van der Waals surface area contributed by atoms with Crippen molar-refractivity contribution in [3.05, 3.63) is 143 Å². The minimum atomic E-state index is -1.86. The number of aliphatic hydroxyl groups is 1. The zero-order valence-electron chi connectivity index (χ0n) is 57.1. The lowest BCUT2D eigenvalue weighted by atomic mass is 9.99. The predicted octanol–water partition coefficient (Wildman–Crippen LogP) is -0.321. The highest BCUT2D eigenvalue weighted by atomic mass is 35.5. The van der Waals surface area contributed by atoms with Crippen LogP contribution in [-0.2, 0) is 78.4 Å². The number of nitrogens with zero attached hydrogens (tertiary/aromatic N) is 2. The maximum atomic E-state index is 14.9. The van der Waals surface area contributed by atoms with Crippen LogP contribution in [0.1, 0.15) is 94.9 Å². The molecule has 32 heteroatoms. The summed E-state index contributed by atoms with van der Waals surface area (Å²) in [5.74, 6) is -9.76. The number of amides is 15. The summed E-state index contributed by atoms with van der Waals surface area (Å²) < 4.78 is 0. The fourth-order valence-corrected chi connectivity index (χ4v) is 11.5. The molecule has 1 fully saturated rings. The predicted molar refractivity (Wildman–Crippen MR) is 375 cm³/mol. The van der Waals surface area contributed by atoms with Crippen molar-refractivity contribution in [3.63, 3.8) is 0 Å². The summed E-state index contributed by atoms with van der Waals surface area (Å²) in [5, 5.41) is 51.8. The number of hydrogen-bond donors (Lipinski definition) is 16. The van der Waals surface area contributed by atoms with Gasteiger partial charge in [-0.15, -0.1) is 0 Å². The van der Waals surface area contributed by atoms with Crippen molar-refractivity contribution in [2.75, 3.05) is 26.2 Å². The van der Waals surface area contributed by atoms with Crippen molar-refractivity contribution in [2.24, 2.45) is 23.1 Å². The van der Waals surface area contributed by atoms with Gasteiger partial charge in [-0.05, 0) is 121 Å². The molecule has 31 nitrogen and oxygen atoms in total. The smallest absolute Gasteiger partial charge is 0.312 e. The third-order valence-corrected chi connectivity index (χ3v) is 17.0. The van der Waals surface area contributed by atoms with E-state index in [1.54, 1.807) is 50.2 Å². The Labute approximate surface area is 594 Å². The van der Waals surface area contributed by atoms with Crippen LogP contribution in [0.4, 0.5) is 9.59 Å². The molecular formula is C70H91ClN16O15. The van der Waals surface area contributed by atoms with Gasteiger partial charge in [0.2, 0.25) is 65.0 Å². The number of phenols is 1. The van der Waals surface area contributed by atoms with Crippen LogP contribution >= 0.6 is 11.6 Å². The van der Waals surface area contributed by atoms with Gasteiger partial charge in [-0.2, -0.15) is 0 Å². The molecule has 5 aromatic rings. The average molecular weight is 1430 g/mol. The van der Waals surface area contributed by atoms with Gasteiger partial charge in [0.25, 0.3) is 0 Å². The first-order chi connectivity index (χ1) is 48.6. The van der Waals surface area contributed by atoms with Gasteiger partial charge in [0.15, 0.2) is 0 Å². The normalized spacial score (nSPS) is 15.2. The number of likely N-dealkylation sites (tertiary alicyclic amines) is 1. The first-order valence-electron chi connectivity index (χ1n) is 33.4. The second-order valence-corrected chi connectivity index (χ2v) is 25.8. The second kappa shape index (κ2) is 39.7. The van der Waals surface area contributed by atoms with E-state index in [1.807, 2.05) is 42.5 Å². The van der Waals surface area contributed by atoms with Gasteiger partial charge in [-0.25, -0.2) is 9.59 Å².